The van der Waals surface area contributed by atoms with Crippen molar-refractivity contribution in [3.63, 3.8) is 0 Å². The number of piperidine rings is 1. The molecule has 2 aromatic rings. The minimum Gasteiger partial charge on any atom is -0.507 e. The number of benzene rings is 2. The summed E-state index contributed by atoms with van der Waals surface area (Å²) in [5.74, 6) is 1.65. The fraction of sp³-hybridized carbons (Fsp3) is 0.320. The van der Waals surface area contributed by atoms with Crippen LogP contribution in [0.4, 0.5) is 0 Å². The third kappa shape index (κ3) is 3.82. The molecule has 2 atom stereocenters. The highest BCUT2D eigenvalue weighted by Crippen LogP contribution is 2.50. The zero-order valence-corrected chi connectivity index (χ0v) is 19.2. The molecule has 8 heteroatoms. The van der Waals surface area contributed by atoms with Crippen LogP contribution in [0.2, 0.25) is 0 Å². The van der Waals surface area contributed by atoms with Gasteiger partial charge < -0.3 is 34.1 Å². The second-order valence-corrected chi connectivity index (χ2v) is 7.98. The van der Waals surface area contributed by atoms with E-state index < -0.39 is 5.72 Å². The van der Waals surface area contributed by atoms with Gasteiger partial charge >= 0.3 is 0 Å². The smallest absolute Gasteiger partial charge is 0.254 e. The molecule has 0 spiro atoms. The molecular formula is C25H27NO7. The maximum atomic E-state index is 13.0. The largest absolute Gasteiger partial charge is 0.507 e. The Morgan fingerprint density at radius 3 is 2.45 bits per heavy atom. The molecule has 0 radical (unpaired) electrons. The number of hydrogen-bond donors (Lipinski definition) is 2. The Morgan fingerprint density at radius 2 is 1.79 bits per heavy atom. The van der Waals surface area contributed by atoms with Gasteiger partial charge in [0.2, 0.25) is 5.75 Å². The van der Waals surface area contributed by atoms with E-state index in [9.17, 15) is 9.90 Å². The van der Waals surface area contributed by atoms with Crippen molar-refractivity contribution in [2.75, 3.05) is 28.4 Å². The van der Waals surface area contributed by atoms with Crippen molar-refractivity contribution in [2.45, 2.75) is 25.0 Å². The standard InChI is InChI=1S/C25H27NO7/c1-25-13-16(15-7-6-8-18(29-2)22(15)33-25)20(24(28)26-25)17(27)11-9-14-10-12-19(30-3)23(32-5)21(14)31-4/h6-12,16,27H,13H2,1-5H3,(H,26,28)/b11-9+,20-17-. The Morgan fingerprint density at radius 1 is 1.06 bits per heavy atom. The lowest BCUT2D eigenvalue weighted by Crippen LogP contribution is -2.58. The van der Waals surface area contributed by atoms with Crippen LogP contribution in [-0.2, 0) is 4.79 Å². The Balaban J connectivity index is 1.78. The average molecular weight is 453 g/mol. The van der Waals surface area contributed by atoms with Gasteiger partial charge in [-0.05, 0) is 37.3 Å². The van der Waals surface area contributed by atoms with Crippen LogP contribution in [0.1, 0.15) is 30.4 Å². The van der Waals surface area contributed by atoms with Crippen molar-refractivity contribution >= 4 is 12.0 Å². The Kier molecular flexibility index (Phi) is 5.84. The van der Waals surface area contributed by atoms with E-state index in [1.54, 1.807) is 38.5 Å². The number of para-hydroxylation sites is 1. The van der Waals surface area contributed by atoms with Crippen molar-refractivity contribution in [3.8, 4) is 28.7 Å². The van der Waals surface area contributed by atoms with E-state index >= 15 is 0 Å². The number of allylic oxidation sites excluding steroid dienone is 1. The van der Waals surface area contributed by atoms with Crippen LogP contribution in [0, 0.1) is 0 Å². The summed E-state index contributed by atoms with van der Waals surface area (Å²) in [5.41, 5.74) is 0.808. The number of rotatable bonds is 6. The summed E-state index contributed by atoms with van der Waals surface area (Å²) in [6, 6.07) is 9.05. The number of carbonyl (C=O) groups is 1. The molecule has 174 valence electrons. The molecule has 4 rings (SSSR count). The van der Waals surface area contributed by atoms with E-state index in [4.69, 9.17) is 23.7 Å². The van der Waals surface area contributed by atoms with Gasteiger partial charge in [0, 0.05) is 23.5 Å². The van der Waals surface area contributed by atoms with Crippen molar-refractivity contribution in [3.05, 3.63) is 58.9 Å². The first kappa shape index (κ1) is 22.4. The molecular weight excluding hydrogens is 426 g/mol. The first-order chi connectivity index (χ1) is 15.9. The monoisotopic (exact) mass is 453 g/mol. The Bertz CT molecular complexity index is 1150. The lowest BCUT2D eigenvalue weighted by atomic mass is 9.77. The number of aliphatic hydroxyl groups excluding tert-OH is 1. The predicted octanol–water partition coefficient (Wildman–Crippen LogP) is 3.96. The van der Waals surface area contributed by atoms with Crippen LogP contribution in [0.3, 0.4) is 0 Å². The van der Waals surface area contributed by atoms with Crippen LogP contribution in [0.25, 0.3) is 6.08 Å². The van der Waals surface area contributed by atoms with Gasteiger partial charge in [0.15, 0.2) is 28.7 Å². The molecule has 2 aromatic carbocycles. The number of hydrogen-bond acceptors (Lipinski definition) is 7. The second-order valence-electron chi connectivity index (χ2n) is 7.98. The summed E-state index contributed by atoms with van der Waals surface area (Å²) >= 11 is 0. The summed E-state index contributed by atoms with van der Waals surface area (Å²) < 4.78 is 27.8. The highest BCUT2D eigenvalue weighted by atomic mass is 16.5. The molecule has 1 saturated heterocycles. The van der Waals surface area contributed by atoms with Gasteiger partial charge in [-0.15, -0.1) is 0 Å². The number of carbonyl (C=O) groups excluding carboxylic acids is 1. The molecule has 0 aliphatic carbocycles. The number of aliphatic hydroxyl groups is 1. The van der Waals surface area contributed by atoms with E-state index in [0.29, 0.717) is 40.7 Å². The van der Waals surface area contributed by atoms with E-state index in [1.165, 1.54) is 20.3 Å². The topological polar surface area (TPSA) is 95.5 Å². The number of methoxy groups -OCH3 is 4. The van der Waals surface area contributed by atoms with Gasteiger partial charge in [-0.2, -0.15) is 0 Å². The quantitative estimate of drug-likeness (QED) is 0.505. The molecule has 2 bridgehead atoms. The van der Waals surface area contributed by atoms with Gasteiger partial charge in [-0.25, -0.2) is 0 Å². The van der Waals surface area contributed by atoms with Crippen molar-refractivity contribution in [1.29, 1.82) is 0 Å². The predicted molar refractivity (Wildman–Crippen MR) is 122 cm³/mol. The van der Waals surface area contributed by atoms with E-state index in [1.807, 2.05) is 19.1 Å². The van der Waals surface area contributed by atoms with Crippen LogP contribution >= 0.6 is 0 Å². The van der Waals surface area contributed by atoms with Gasteiger partial charge in [0.25, 0.3) is 5.91 Å². The Labute approximate surface area is 192 Å². The number of ether oxygens (including phenoxy) is 5. The molecule has 33 heavy (non-hydrogen) atoms. The van der Waals surface area contributed by atoms with Crippen LogP contribution in [-0.4, -0.2) is 45.2 Å². The zero-order chi connectivity index (χ0) is 23.8. The molecule has 2 aliphatic rings. The first-order valence-corrected chi connectivity index (χ1v) is 10.4. The van der Waals surface area contributed by atoms with Crippen LogP contribution < -0.4 is 29.0 Å². The third-order valence-corrected chi connectivity index (χ3v) is 5.93. The van der Waals surface area contributed by atoms with Crippen molar-refractivity contribution in [2.24, 2.45) is 0 Å². The Hall–Kier alpha value is -3.81. The maximum Gasteiger partial charge on any atom is 0.254 e. The lowest BCUT2D eigenvalue weighted by molar-refractivity contribution is -0.127. The van der Waals surface area contributed by atoms with Crippen LogP contribution in [0.15, 0.2) is 47.7 Å². The normalized spacial score (nSPS) is 22.7. The highest BCUT2D eigenvalue weighted by Gasteiger charge is 2.48. The fourth-order valence-electron chi connectivity index (χ4n) is 4.45. The van der Waals surface area contributed by atoms with Gasteiger partial charge in [-0.3, -0.25) is 4.79 Å². The lowest BCUT2D eigenvalue weighted by Gasteiger charge is -2.45. The molecule has 2 unspecified atom stereocenters. The zero-order valence-electron chi connectivity index (χ0n) is 19.2. The molecule has 0 saturated carbocycles. The van der Waals surface area contributed by atoms with E-state index in [2.05, 4.69) is 5.32 Å². The number of amides is 1. The van der Waals surface area contributed by atoms with Gasteiger partial charge in [0.1, 0.15) is 5.76 Å². The van der Waals surface area contributed by atoms with E-state index in [-0.39, 0.29) is 23.2 Å². The summed E-state index contributed by atoms with van der Waals surface area (Å²) in [7, 11) is 6.15. The maximum absolute atomic E-state index is 13.0. The number of nitrogens with one attached hydrogen (secondary N) is 1. The fourth-order valence-corrected chi connectivity index (χ4v) is 4.45. The van der Waals surface area contributed by atoms with Crippen molar-refractivity contribution < 1.29 is 33.6 Å². The average Bonchev–Trinajstić information content (AvgIpc) is 2.80. The summed E-state index contributed by atoms with van der Waals surface area (Å²) in [5, 5.41) is 13.9. The third-order valence-electron chi connectivity index (χ3n) is 5.93. The molecule has 8 nitrogen and oxygen atoms in total. The highest BCUT2D eigenvalue weighted by molar-refractivity contribution is 5.98. The first-order valence-electron chi connectivity index (χ1n) is 10.4. The second kappa shape index (κ2) is 8.61. The number of fused-ring (bicyclic) bond motifs is 4. The van der Waals surface area contributed by atoms with E-state index in [0.717, 1.165) is 5.56 Å². The minimum atomic E-state index is -0.899. The molecule has 2 aliphatic heterocycles. The van der Waals surface area contributed by atoms with Crippen molar-refractivity contribution in [1.82, 2.24) is 5.32 Å². The van der Waals surface area contributed by atoms with Gasteiger partial charge in [0.05, 0.1) is 34.0 Å². The summed E-state index contributed by atoms with van der Waals surface area (Å²) in [6.45, 7) is 1.81. The minimum absolute atomic E-state index is 0.146. The summed E-state index contributed by atoms with van der Waals surface area (Å²) in [6.07, 6.45) is 3.62. The molecule has 0 aromatic heterocycles. The molecule has 2 heterocycles. The van der Waals surface area contributed by atoms with Gasteiger partial charge in [-0.1, -0.05) is 12.1 Å². The molecule has 2 N–H and O–H groups in total. The SMILES string of the molecule is COc1cccc2c1OC1(C)CC2/C(=C(O)\C=C\c2ccc(OC)c(OC)c2OC)C(=O)N1. The molecule has 1 fully saturated rings. The summed E-state index contributed by atoms with van der Waals surface area (Å²) in [4.78, 5) is 13.0. The molecule has 1 amide bonds. The van der Waals surface area contributed by atoms with Crippen LogP contribution in [0.5, 0.6) is 28.7 Å².